The molecule has 0 saturated carbocycles. The highest BCUT2D eigenvalue weighted by molar-refractivity contribution is 5.69. The van der Waals surface area contributed by atoms with Crippen LogP contribution in [0.5, 0.6) is 5.75 Å². The summed E-state index contributed by atoms with van der Waals surface area (Å²) >= 11 is 0. The highest BCUT2D eigenvalue weighted by Crippen LogP contribution is 2.43. The van der Waals surface area contributed by atoms with Crippen LogP contribution in [0.1, 0.15) is 80.7 Å². The van der Waals surface area contributed by atoms with Crippen molar-refractivity contribution in [2.24, 2.45) is 0 Å². The molecule has 0 bridgehead atoms. The fraction of sp³-hybridized carbons (Fsp3) is 0.516. The number of carbonyl (C=O) groups is 1. The van der Waals surface area contributed by atoms with E-state index < -0.39 is 23.4 Å². The lowest BCUT2D eigenvalue weighted by Crippen LogP contribution is -2.55. The number of aryl methyl sites for hydroxylation is 2. The van der Waals surface area contributed by atoms with Crippen molar-refractivity contribution in [3.05, 3.63) is 64.2 Å². The van der Waals surface area contributed by atoms with E-state index in [0.29, 0.717) is 56.6 Å². The number of carbonyl (C=O) groups excluding carboxylic acids is 1. The molecule has 41 heavy (non-hydrogen) atoms. The third kappa shape index (κ3) is 7.76. The van der Waals surface area contributed by atoms with Crippen molar-refractivity contribution in [3.8, 4) is 17.6 Å². The van der Waals surface area contributed by atoms with Crippen LogP contribution in [0.15, 0.2) is 36.4 Å². The van der Waals surface area contributed by atoms with E-state index >= 15 is 0 Å². The van der Waals surface area contributed by atoms with Gasteiger partial charge in [0.1, 0.15) is 5.75 Å². The Morgan fingerprint density at radius 2 is 1.41 bits per heavy atom. The molecule has 0 heterocycles. The Hall–Kier alpha value is -3.19. The summed E-state index contributed by atoms with van der Waals surface area (Å²) < 4.78 is 89.0. The molecule has 0 saturated heterocycles. The third-order valence-corrected chi connectivity index (χ3v) is 7.25. The van der Waals surface area contributed by atoms with Gasteiger partial charge in [-0.1, -0.05) is 44.0 Å². The predicted octanol–water partition coefficient (Wildman–Crippen LogP) is 7.73. The van der Waals surface area contributed by atoms with Gasteiger partial charge in [-0.3, -0.25) is 4.79 Å². The Morgan fingerprint density at radius 1 is 0.854 bits per heavy atom. The molecule has 0 aliphatic rings. The minimum Gasteiger partial charge on any atom is -0.493 e. The minimum absolute atomic E-state index is 0.0512. The van der Waals surface area contributed by atoms with Gasteiger partial charge in [0.05, 0.1) is 13.2 Å². The van der Waals surface area contributed by atoms with Crippen molar-refractivity contribution in [1.29, 1.82) is 0 Å². The molecule has 0 aliphatic heterocycles. The average molecular weight is 587 g/mol. The summed E-state index contributed by atoms with van der Waals surface area (Å²) in [5, 5.41) is 9.36. The smallest absolute Gasteiger partial charge is 0.438 e. The van der Waals surface area contributed by atoms with Gasteiger partial charge in [-0.25, -0.2) is 0 Å². The van der Waals surface area contributed by atoms with Crippen molar-refractivity contribution in [1.82, 2.24) is 0 Å². The molecule has 1 N–H and O–H groups in total. The molecule has 0 atom stereocenters. The van der Waals surface area contributed by atoms with Gasteiger partial charge in [-0.15, -0.1) is 0 Å². The lowest BCUT2D eigenvalue weighted by atomic mass is 9.70. The highest BCUT2D eigenvalue weighted by atomic mass is 19.4. The Labute approximate surface area is 237 Å². The molecular formula is C31H36F6O4. The third-order valence-electron chi connectivity index (χ3n) is 7.25. The number of hydrogen-bond acceptors (Lipinski definition) is 4. The van der Waals surface area contributed by atoms with Crippen LogP contribution in [0.2, 0.25) is 0 Å². The molecule has 2 rings (SSSR count). The second kappa shape index (κ2) is 13.6. The Balaban J connectivity index is 2.31. The number of hydrogen-bond donors (Lipinski definition) is 1. The van der Waals surface area contributed by atoms with Crippen molar-refractivity contribution in [2.75, 3.05) is 13.2 Å². The number of unbranched alkanes of at least 4 members (excludes halogenated alkanes) is 1. The Kier molecular flexibility index (Phi) is 11.3. The van der Waals surface area contributed by atoms with Crippen LogP contribution in [-0.2, 0) is 14.9 Å². The number of alkyl halides is 6. The minimum atomic E-state index is -6.01. The summed E-state index contributed by atoms with van der Waals surface area (Å²) in [5.74, 6) is 3.39. The molecule has 0 unspecified atom stereocenters. The van der Waals surface area contributed by atoms with E-state index in [2.05, 4.69) is 0 Å². The number of rotatable bonds is 11. The highest BCUT2D eigenvalue weighted by Gasteiger charge is 2.70. The summed E-state index contributed by atoms with van der Waals surface area (Å²) in [4.78, 5) is 11.5. The maximum Gasteiger partial charge on any atom is 0.438 e. The van der Waals surface area contributed by atoms with Gasteiger partial charge in [-0.2, -0.15) is 26.3 Å². The van der Waals surface area contributed by atoms with Crippen molar-refractivity contribution < 1.29 is 45.7 Å². The van der Waals surface area contributed by atoms with Crippen LogP contribution in [0, 0.1) is 25.7 Å². The molecule has 0 aromatic heterocycles. The number of benzene rings is 2. The van der Waals surface area contributed by atoms with Gasteiger partial charge in [0.25, 0.3) is 0 Å². The number of ether oxygens (including phenoxy) is 2. The summed E-state index contributed by atoms with van der Waals surface area (Å²) in [7, 11) is 0. The molecule has 0 amide bonds. The second-order valence-corrected chi connectivity index (χ2v) is 9.87. The quantitative estimate of drug-likeness (QED) is 0.127. The van der Waals surface area contributed by atoms with Crippen molar-refractivity contribution in [3.63, 3.8) is 0 Å². The first-order valence-corrected chi connectivity index (χ1v) is 13.5. The number of esters is 1. The zero-order chi connectivity index (χ0) is 31.1. The van der Waals surface area contributed by atoms with E-state index in [-0.39, 0.29) is 11.5 Å². The van der Waals surface area contributed by atoms with Gasteiger partial charge in [-0.05, 0) is 86.8 Å². The monoisotopic (exact) mass is 586 g/mol. The summed E-state index contributed by atoms with van der Waals surface area (Å²) in [5.41, 5.74) is -2.58. The Morgan fingerprint density at radius 3 is 1.90 bits per heavy atom. The molecule has 0 spiro atoms. The molecule has 4 nitrogen and oxygen atoms in total. The number of aliphatic hydroxyl groups is 1. The van der Waals surface area contributed by atoms with Gasteiger partial charge in [0.2, 0.25) is 0 Å². The van der Waals surface area contributed by atoms with Crippen LogP contribution in [0.3, 0.4) is 0 Å². The van der Waals surface area contributed by atoms with Gasteiger partial charge < -0.3 is 14.6 Å². The standard InChI is InChI=1S/C31H36F6O4/c1-6-28(7-2,25-14-15-26(22(5)20-25)41-18-10-9-11-27(38)40-8-3)24-13-12-23(21(4)19-24)16-17-29(39,30(32,33)34)31(35,36)37/h12-15,19-20,39H,6-11,18H2,1-5H3. The largest absolute Gasteiger partial charge is 0.493 e. The zero-order valence-corrected chi connectivity index (χ0v) is 23.9. The van der Waals surface area contributed by atoms with Crippen molar-refractivity contribution in [2.45, 2.75) is 90.1 Å². The Bertz CT molecular complexity index is 1240. The molecule has 0 aliphatic carbocycles. The SMILES string of the molecule is CCOC(=O)CCCCOc1ccc(C(CC)(CC)c2ccc(C#CC(O)(C(F)(F)F)C(F)(F)F)c(C)c2)cc1C. The van der Waals surface area contributed by atoms with Crippen LogP contribution in [0.25, 0.3) is 0 Å². The molecular weight excluding hydrogens is 550 g/mol. The van der Waals surface area contributed by atoms with Gasteiger partial charge in [0, 0.05) is 17.4 Å². The van der Waals surface area contributed by atoms with Crippen LogP contribution in [-0.4, -0.2) is 42.2 Å². The molecule has 0 fully saturated rings. The number of halogens is 6. The average Bonchev–Trinajstić information content (AvgIpc) is 2.88. The fourth-order valence-corrected chi connectivity index (χ4v) is 4.69. The van der Waals surface area contributed by atoms with E-state index in [1.54, 1.807) is 26.0 Å². The van der Waals surface area contributed by atoms with E-state index in [9.17, 15) is 36.2 Å². The summed E-state index contributed by atoms with van der Waals surface area (Å²) in [6.45, 7) is 10.0. The van der Waals surface area contributed by atoms with E-state index in [1.807, 2.05) is 44.9 Å². The maximum atomic E-state index is 13.0. The van der Waals surface area contributed by atoms with Crippen LogP contribution in [0.4, 0.5) is 26.3 Å². The first-order chi connectivity index (χ1) is 19.1. The van der Waals surface area contributed by atoms with Gasteiger partial charge >= 0.3 is 23.9 Å². The summed E-state index contributed by atoms with van der Waals surface area (Å²) in [6.07, 6.45) is -9.02. The van der Waals surface area contributed by atoms with E-state index in [4.69, 9.17) is 9.47 Å². The van der Waals surface area contributed by atoms with Crippen LogP contribution < -0.4 is 4.74 Å². The van der Waals surface area contributed by atoms with Crippen molar-refractivity contribution >= 4 is 5.97 Å². The normalized spacial score (nSPS) is 12.5. The van der Waals surface area contributed by atoms with Gasteiger partial charge in [0.15, 0.2) is 0 Å². The van der Waals surface area contributed by atoms with Crippen LogP contribution >= 0.6 is 0 Å². The fourth-order valence-electron chi connectivity index (χ4n) is 4.69. The molecule has 226 valence electrons. The van der Waals surface area contributed by atoms with E-state index in [1.165, 1.54) is 6.07 Å². The maximum absolute atomic E-state index is 13.0. The first-order valence-electron chi connectivity index (χ1n) is 13.5. The molecule has 10 heteroatoms. The molecule has 2 aromatic rings. The van der Waals surface area contributed by atoms with E-state index in [0.717, 1.165) is 22.6 Å². The first kappa shape index (κ1) is 34.0. The topological polar surface area (TPSA) is 55.8 Å². The lowest BCUT2D eigenvalue weighted by molar-refractivity contribution is -0.343. The predicted molar refractivity (Wildman–Crippen MR) is 144 cm³/mol. The second-order valence-electron chi connectivity index (χ2n) is 9.87. The molecule has 2 aromatic carbocycles. The lowest BCUT2D eigenvalue weighted by Gasteiger charge is -2.34. The molecule has 0 radical (unpaired) electrons. The summed E-state index contributed by atoms with van der Waals surface area (Å²) in [6, 6.07) is 10.6. The zero-order valence-electron chi connectivity index (χ0n) is 23.9.